The first-order valence-electron chi connectivity index (χ1n) is 7.02. The van der Waals surface area contributed by atoms with Crippen molar-refractivity contribution in [3.05, 3.63) is 58.0 Å². The van der Waals surface area contributed by atoms with Crippen LogP contribution in [0.3, 0.4) is 0 Å². The van der Waals surface area contributed by atoms with Crippen LogP contribution in [0.15, 0.2) is 46.3 Å². The number of hydrogen-bond donors (Lipinski definition) is 2. The maximum absolute atomic E-state index is 11.6. The van der Waals surface area contributed by atoms with Gasteiger partial charge in [0.25, 0.3) is 5.56 Å². The van der Waals surface area contributed by atoms with E-state index in [4.69, 9.17) is 5.73 Å². The van der Waals surface area contributed by atoms with E-state index in [2.05, 4.69) is 23.8 Å². The molecule has 0 aliphatic rings. The molecule has 1 aromatic carbocycles. The number of nitrogens with two attached hydrogens (primary N) is 1. The Hall–Kier alpha value is -1.59. The summed E-state index contributed by atoms with van der Waals surface area (Å²) in [6.07, 6.45) is 0. The summed E-state index contributed by atoms with van der Waals surface area (Å²) in [5.74, 6) is 0.357. The van der Waals surface area contributed by atoms with Gasteiger partial charge in [-0.3, -0.25) is 4.79 Å². The smallest absolute Gasteiger partial charge is 0.251 e. The molecule has 4 nitrogen and oxygen atoms in total. The highest BCUT2D eigenvalue weighted by Gasteiger charge is 2.25. The summed E-state index contributed by atoms with van der Waals surface area (Å²) >= 11 is 1.54. The molecule has 0 aliphatic heterocycles. The van der Waals surface area contributed by atoms with Gasteiger partial charge in [-0.1, -0.05) is 55.9 Å². The largest absolute Gasteiger partial charge is 0.323 e. The van der Waals surface area contributed by atoms with Gasteiger partial charge in [0, 0.05) is 23.1 Å². The van der Waals surface area contributed by atoms with E-state index >= 15 is 0 Å². The summed E-state index contributed by atoms with van der Waals surface area (Å²) in [6.45, 7) is 6.09. The lowest BCUT2D eigenvalue weighted by molar-refractivity contribution is 0.526. The van der Waals surface area contributed by atoms with Gasteiger partial charge >= 0.3 is 0 Å². The van der Waals surface area contributed by atoms with Crippen molar-refractivity contribution in [2.24, 2.45) is 11.7 Å². The molecule has 21 heavy (non-hydrogen) atoms. The Bertz CT molecular complexity index is 639. The zero-order chi connectivity index (χ0) is 15.4. The summed E-state index contributed by atoms with van der Waals surface area (Å²) in [4.78, 5) is 18.7. The van der Waals surface area contributed by atoms with Crippen molar-refractivity contribution >= 4 is 11.8 Å². The van der Waals surface area contributed by atoms with Gasteiger partial charge in [-0.15, -0.1) is 0 Å². The molecule has 1 aromatic heterocycles. The van der Waals surface area contributed by atoms with Gasteiger partial charge < -0.3 is 10.7 Å². The molecule has 1 heterocycles. The molecule has 2 atom stereocenters. The third kappa shape index (κ3) is 4.19. The van der Waals surface area contributed by atoms with Gasteiger partial charge in [-0.25, -0.2) is 4.98 Å². The van der Waals surface area contributed by atoms with Crippen molar-refractivity contribution in [2.45, 2.75) is 37.2 Å². The van der Waals surface area contributed by atoms with Gasteiger partial charge in [0.05, 0.1) is 0 Å². The third-order valence-corrected chi connectivity index (χ3v) is 4.82. The number of nitrogens with zero attached hydrogens (tertiary/aromatic N) is 1. The van der Waals surface area contributed by atoms with E-state index in [0.717, 1.165) is 11.3 Å². The Balaban J connectivity index is 2.25. The highest BCUT2D eigenvalue weighted by atomic mass is 32.2. The second-order valence-corrected chi connectivity index (χ2v) is 6.62. The van der Waals surface area contributed by atoms with Gasteiger partial charge in [0.15, 0.2) is 5.16 Å². The Labute approximate surface area is 129 Å². The molecule has 112 valence electrons. The molecule has 0 aliphatic carbocycles. The van der Waals surface area contributed by atoms with E-state index < -0.39 is 0 Å². The predicted octanol–water partition coefficient (Wildman–Crippen LogP) is 2.90. The quantitative estimate of drug-likeness (QED) is 0.658. The molecule has 0 bridgehead atoms. The van der Waals surface area contributed by atoms with Crippen LogP contribution < -0.4 is 11.3 Å². The molecule has 2 aromatic rings. The Kier molecular flexibility index (Phi) is 5.20. The summed E-state index contributed by atoms with van der Waals surface area (Å²) < 4.78 is 0. The second kappa shape index (κ2) is 6.91. The average molecular weight is 303 g/mol. The van der Waals surface area contributed by atoms with Crippen LogP contribution in [0.4, 0.5) is 0 Å². The number of H-pyrrole nitrogens is 1. The highest BCUT2D eigenvalue weighted by molar-refractivity contribution is 7.99. The minimum atomic E-state index is -0.124. The van der Waals surface area contributed by atoms with Crippen LogP contribution in [0.5, 0.6) is 0 Å². The molecule has 5 heteroatoms. The van der Waals surface area contributed by atoms with Crippen molar-refractivity contribution in [1.29, 1.82) is 0 Å². The number of benzene rings is 1. The summed E-state index contributed by atoms with van der Waals surface area (Å²) in [7, 11) is 0. The zero-order valence-corrected chi connectivity index (χ0v) is 13.4. The van der Waals surface area contributed by atoms with Crippen molar-refractivity contribution in [3.63, 3.8) is 0 Å². The molecule has 3 N–H and O–H groups in total. The lowest BCUT2D eigenvalue weighted by Gasteiger charge is -2.26. The van der Waals surface area contributed by atoms with Crippen molar-refractivity contribution < 1.29 is 0 Å². The van der Waals surface area contributed by atoms with E-state index in [-0.39, 0.29) is 16.9 Å². The monoisotopic (exact) mass is 303 g/mol. The van der Waals surface area contributed by atoms with Crippen LogP contribution in [-0.2, 0) is 0 Å². The van der Waals surface area contributed by atoms with E-state index in [1.54, 1.807) is 0 Å². The minimum absolute atomic E-state index is 0.109. The Morgan fingerprint density at radius 2 is 1.90 bits per heavy atom. The second-order valence-electron chi connectivity index (χ2n) is 5.45. The van der Waals surface area contributed by atoms with Crippen molar-refractivity contribution in [3.8, 4) is 0 Å². The molecule has 0 radical (unpaired) electrons. The fraction of sp³-hybridized carbons (Fsp3) is 0.375. The van der Waals surface area contributed by atoms with Gasteiger partial charge in [0.2, 0.25) is 0 Å². The van der Waals surface area contributed by atoms with E-state index in [1.807, 2.05) is 37.3 Å². The summed E-state index contributed by atoms with van der Waals surface area (Å²) in [5.41, 5.74) is 8.11. The van der Waals surface area contributed by atoms with E-state index in [9.17, 15) is 4.79 Å². The molecular formula is C16H21N3OS. The third-order valence-electron chi connectivity index (χ3n) is 3.29. The maximum Gasteiger partial charge on any atom is 0.251 e. The fourth-order valence-corrected chi connectivity index (χ4v) is 3.42. The molecule has 2 rings (SSSR count). The predicted molar refractivity (Wildman–Crippen MR) is 87.4 cm³/mol. The van der Waals surface area contributed by atoms with Crippen LogP contribution in [0.2, 0.25) is 0 Å². The van der Waals surface area contributed by atoms with Crippen LogP contribution >= 0.6 is 11.8 Å². The Morgan fingerprint density at radius 1 is 1.24 bits per heavy atom. The zero-order valence-electron chi connectivity index (χ0n) is 12.5. The number of aryl methyl sites for hydroxylation is 1. The molecule has 0 saturated heterocycles. The highest BCUT2D eigenvalue weighted by Crippen LogP contribution is 2.33. The SMILES string of the molecule is Cc1cc(=O)[nH]c(SC(C(C)C)C(N)c2ccccc2)n1. The molecule has 0 amide bonds. The van der Waals surface area contributed by atoms with Crippen molar-refractivity contribution in [2.75, 3.05) is 0 Å². The topological polar surface area (TPSA) is 71.8 Å². The first-order chi connectivity index (χ1) is 9.97. The molecule has 0 saturated carbocycles. The maximum atomic E-state index is 11.6. The number of hydrogen-bond acceptors (Lipinski definition) is 4. The van der Waals surface area contributed by atoms with Crippen molar-refractivity contribution in [1.82, 2.24) is 9.97 Å². The molecule has 0 spiro atoms. The van der Waals surface area contributed by atoms with Crippen LogP contribution in [-0.4, -0.2) is 15.2 Å². The van der Waals surface area contributed by atoms with Crippen LogP contribution in [0.25, 0.3) is 0 Å². The standard InChI is InChI=1S/C16H21N3OS/c1-10(2)15(14(17)12-7-5-4-6-8-12)21-16-18-11(3)9-13(20)19-16/h4-10,14-15H,17H2,1-3H3,(H,18,19,20). The van der Waals surface area contributed by atoms with Gasteiger partial charge in [-0.2, -0.15) is 0 Å². The Morgan fingerprint density at radius 3 is 2.48 bits per heavy atom. The lowest BCUT2D eigenvalue weighted by Crippen LogP contribution is -2.28. The number of aromatic nitrogens is 2. The van der Waals surface area contributed by atoms with Gasteiger partial charge in [0.1, 0.15) is 0 Å². The average Bonchev–Trinajstić information content (AvgIpc) is 2.43. The molecule has 2 unspecified atom stereocenters. The van der Waals surface area contributed by atoms with Crippen LogP contribution in [0.1, 0.15) is 31.1 Å². The lowest BCUT2D eigenvalue weighted by atomic mass is 9.97. The number of aromatic amines is 1. The first-order valence-corrected chi connectivity index (χ1v) is 7.90. The molecule has 0 fully saturated rings. The van der Waals surface area contributed by atoms with Crippen LogP contribution in [0, 0.1) is 12.8 Å². The fourth-order valence-electron chi connectivity index (χ4n) is 2.23. The summed E-state index contributed by atoms with van der Waals surface area (Å²) in [6, 6.07) is 11.4. The number of rotatable bonds is 5. The molecular weight excluding hydrogens is 282 g/mol. The minimum Gasteiger partial charge on any atom is -0.323 e. The number of thioether (sulfide) groups is 1. The summed E-state index contributed by atoms with van der Waals surface area (Å²) in [5, 5.41) is 0.766. The number of nitrogens with one attached hydrogen (secondary N) is 1. The van der Waals surface area contributed by atoms with Gasteiger partial charge in [-0.05, 0) is 18.4 Å². The normalized spacial score (nSPS) is 14.1. The van der Waals surface area contributed by atoms with E-state index in [0.29, 0.717) is 11.1 Å². The first kappa shape index (κ1) is 15.8. The van der Waals surface area contributed by atoms with E-state index in [1.165, 1.54) is 17.8 Å².